The zero-order valence-electron chi connectivity index (χ0n) is 16.2. The molecule has 1 fully saturated rings. The van der Waals surface area contributed by atoms with Gasteiger partial charge in [-0.05, 0) is 50.9 Å². The summed E-state index contributed by atoms with van der Waals surface area (Å²) < 4.78 is 16.9. The fraction of sp³-hybridized carbons (Fsp3) is 0.600. The Bertz CT molecular complexity index is 716. The van der Waals surface area contributed by atoms with E-state index in [1.165, 1.54) is 5.56 Å². The van der Waals surface area contributed by atoms with Crippen molar-refractivity contribution >= 4 is 0 Å². The summed E-state index contributed by atoms with van der Waals surface area (Å²) in [5.74, 6) is 3.38. The van der Waals surface area contributed by atoms with Crippen LogP contribution in [0.25, 0.3) is 0 Å². The first kappa shape index (κ1) is 18.7. The molecule has 6 heteroatoms. The third-order valence-electron chi connectivity index (χ3n) is 5.13. The first-order valence-electron chi connectivity index (χ1n) is 9.52. The lowest BCUT2D eigenvalue weighted by Gasteiger charge is -2.38. The maximum absolute atomic E-state index is 5.84. The van der Waals surface area contributed by atoms with Crippen LogP contribution in [0, 0.1) is 0 Å². The van der Waals surface area contributed by atoms with Gasteiger partial charge in [-0.2, -0.15) is 0 Å². The van der Waals surface area contributed by atoms with Crippen LogP contribution >= 0.6 is 0 Å². The van der Waals surface area contributed by atoms with E-state index in [0.29, 0.717) is 18.6 Å². The minimum atomic E-state index is 0.293. The molecule has 0 radical (unpaired) electrons. The van der Waals surface area contributed by atoms with Crippen molar-refractivity contribution in [2.75, 3.05) is 20.3 Å². The number of ether oxygens (including phenoxy) is 2. The number of aryl methyl sites for hydroxylation is 1. The van der Waals surface area contributed by atoms with Gasteiger partial charge in [0.2, 0.25) is 11.8 Å². The summed E-state index contributed by atoms with van der Waals surface area (Å²) in [6.07, 6.45) is 3.01. The summed E-state index contributed by atoms with van der Waals surface area (Å²) in [5, 5.41) is 8.42. The molecule has 1 aromatic carbocycles. The molecule has 0 unspecified atom stereocenters. The average Bonchev–Trinajstić information content (AvgIpc) is 3.13. The molecular formula is C20H29N3O3. The van der Waals surface area contributed by atoms with Crippen LogP contribution in [0.15, 0.2) is 22.6 Å². The molecule has 6 nitrogen and oxygen atoms in total. The van der Waals surface area contributed by atoms with Crippen molar-refractivity contribution < 1.29 is 13.9 Å². The number of nitrogens with zero attached hydrogens (tertiary/aromatic N) is 3. The Morgan fingerprint density at radius 2 is 2.08 bits per heavy atom. The Kier molecular flexibility index (Phi) is 6.14. The molecule has 2 aromatic rings. The Balaban J connectivity index is 1.73. The molecule has 0 bridgehead atoms. The van der Waals surface area contributed by atoms with Crippen molar-refractivity contribution in [1.82, 2.24) is 15.1 Å². The third-order valence-corrected chi connectivity index (χ3v) is 5.13. The monoisotopic (exact) mass is 359 g/mol. The molecule has 0 saturated carbocycles. The minimum absolute atomic E-state index is 0.293. The van der Waals surface area contributed by atoms with Crippen LogP contribution in [0.5, 0.6) is 11.5 Å². The van der Waals surface area contributed by atoms with Gasteiger partial charge in [-0.25, -0.2) is 0 Å². The number of methoxy groups -OCH3 is 1. The fourth-order valence-electron chi connectivity index (χ4n) is 3.65. The minimum Gasteiger partial charge on any atom is -0.493 e. The summed E-state index contributed by atoms with van der Waals surface area (Å²) in [6, 6.07) is 6.53. The first-order valence-corrected chi connectivity index (χ1v) is 9.52. The molecule has 0 spiro atoms. The van der Waals surface area contributed by atoms with Gasteiger partial charge < -0.3 is 13.9 Å². The molecule has 142 valence electrons. The number of rotatable bonds is 7. The number of likely N-dealkylation sites (tertiary alicyclic amines) is 1. The maximum Gasteiger partial charge on any atom is 0.221 e. The molecule has 1 aliphatic heterocycles. The average molecular weight is 359 g/mol. The van der Waals surface area contributed by atoms with Gasteiger partial charge in [0.25, 0.3) is 0 Å². The zero-order chi connectivity index (χ0) is 18.5. The number of benzene rings is 1. The lowest BCUT2D eigenvalue weighted by molar-refractivity contribution is 0.118. The van der Waals surface area contributed by atoms with Gasteiger partial charge in [-0.15, -0.1) is 10.2 Å². The van der Waals surface area contributed by atoms with E-state index in [1.54, 1.807) is 7.11 Å². The summed E-state index contributed by atoms with van der Waals surface area (Å²) >= 11 is 0. The van der Waals surface area contributed by atoms with Crippen LogP contribution in [-0.4, -0.2) is 41.4 Å². The highest BCUT2D eigenvalue weighted by atomic mass is 16.5. The van der Waals surface area contributed by atoms with Crippen molar-refractivity contribution in [3.05, 3.63) is 35.5 Å². The largest absolute Gasteiger partial charge is 0.493 e. The second-order valence-corrected chi connectivity index (χ2v) is 6.77. The fourth-order valence-corrected chi connectivity index (χ4v) is 3.65. The van der Waals surface area contributed by atoms with Gasteiger partial charge in [-0.3, -0.25) is 4.90 Å². The number of piperidine rings is 1. The van der Waals surface area contributed by atoms with Crippen LogP contribution < -0.4 is 9.47 Å². The van der Waals surface area contributed by atoms with Gasteiger partial charge in [0.1, 0.15) is 0 Å². The predicted octanol–water partition coefficient (Wildman–Crippen LogP) is 3.81. The molecule has 1 aliphatic rings. The maximum atomic E-state index is 5.84. The number of aromatic nitrogens is 2. The van der Waals surface area contributed by atoms with E-state index in [0.717, 1.165) is 55.6 Å². The van der Waals surface area contributed by atoms with Crippen molar-refractivity contribution in [1.29, 1.82) is 0 Å². The first-order chi connectivity index (χ1) is 12.7. The zero-order valence-corrected chi connectivity index (χ0v) is 16.2. The Hall–Kier alpha value is -2.08. The van der Waals surface area contributed by atoms with Crippen LogP contribution in [0.1, 0.15) is 56.9 Å². The lowest BCUT2D eigenvalue weighted by Crippen LogP contribution is -2.41. The molecule has 1 aromatic heterocycles. The molecule has 3 rings (SSSR count). The number of hydrogen-bond acceptors (Lipinski definition) is 6. The molecule has 0 amide bonds. The van der Waals surface area contributed by atoms with Crippen molar-refractivity contribution in [3.8, 4) is 11.5 Å². The van der Waals surface area contributed by atoms with E-state index >= 15 is 0 Å². The summed E-state index contributed by atoms with van der Waals surface area (Å²) in [6.45, 7) is 8.84. The van der Waals surface area contributed by atoms with Crippen molar-refractivity contribution in [2.45, 2.75) is 58.5 Å². The van der Waals surface area contributed by atoms with Crippen LogP contribution in [0.3, 0.4) is 0 Å². The van der Waals surface area contributed by atoms with Gasteiger partial charge in [0.05, 0.1) is 19.6 Å². The van der Waals surface area contributed by atoms with Crippen molar-refractivity contribution in [3.63, 3.8) is 0 Å². The van der Waals surface area contributed by atoms with E-state index in [2.05, 4.69) is 34.2 Å². The molecular weight excluding hydrogens is 330 g/mol. The second kappa shape index (κ2) is 8.54. The van der Waals surface area contributed by atoms with E-state index in [1.807, 2.05) is 19.9 Å². The van der Waals surface area contributed by atoms with Crippen LogP contribution in [0.4, 0.5) is 0 Å². The van der Waals surface area contributed by atoms with Crippen LogP contribution in [0.2, 0.25) is 0 Å². The van der Waals surface area contributed by atoms with E-state index in [9.17, 15) is 0 Å². The second-order valence-electron chi connectivity index (χ2n) is 6.77. The smallest absolute Gasteiger partial charge is 0.221 e. The quantitative estimate of drug-likeness (QED) is 0.749. The predicted molar refractivity (Wildman–Crippen MR) is 99.7 cm³/mol. The topological polar surface area (TPSA) is 60.6 Å². The normalized spacial score (nSPS) is 20.9. The molecule has 2 atom stereocenters. The Morgan fingerprint density at radius 3 is 2.77 bits per heavy atom. The van der Waals surface area contributed by atoms with Crippen molar-refractivity contribution in [2.24, 2.45) is 0 Å². The third kappa shape index (κ3) is 4.01. The molecule has 0 aliphatic carbocycles. The molecule has 1 saturated heterocycles. The molecule has 2 heterocycles. The molecule has 0 N–H and O–H groups in total. The highest BCUT2D eigenvalue weighted by Gasteiger charge is 2.32. The number of hydrogen-bond donors (Lipinski definition) is 0. The summed E-state index contributed by atoms with van der Waals surface area (Å²) in [4.78, 5) is 2.49. The standard InChI is InChI=1S/C20H29N3O3/c1-5-19-21-22-20(26-19)16-8-7-11-23(14(16)3)13-15-9-10-17(24-4)18(12-15)25-6-2/h9-10,12,14,16H,5-8,11,13H2,1-4H3/t14-,16-/m0/s1. The highest BCUT2D eigenvalue weighted by molar-refractivity contribution is 5.43. The summed E-state index contributed by atoms with van der Waals surface area (Å²) in [7, 11) is 1.67. The SMILES string of the molecule is CCOc1cc(CN2CCC[C@H](c3nnc(CC)o3)[C@@H]2C)ccc1OC. The van der Waals surface area contributed by atoms with E-state index in [-0.39, 0.29) is 0 Å². The van der Waals surface area contributed by atoms with Crippen LogP contribution in [-0.2, 0) is 13.0 Å². The van der Waals surface area contributed by atoms with Gasteiger partial charge >= 0.3 is 0 Å². The summed E-state index contributed by atoms with van der Waals surface area (Å²) in [5.41, 5.74) is 1.22. The van der Waals surface area contributed by atoms with Gasteiger partial charge in [0.15, 0.2) is 11.5 Å². The Labute approximate surface area is 155 Å². The van der Waals surface area contributed by atoms with E-state index < -0.39 is 0 Å². The van der Waals surface area contributed by atoms with Gasteiger partial charge in [-0.1, -0.05) is 13.0 Å². The highest BCUT2D eigenvalue weighted by Crippen LogP contribution is 2.34. The lowest BCUT2D eigenvalue weighted by atomic mass is 9.89. The Morgan fingerprint density at radius 1 is 1.23 bits per heavy atom. The van der Waals surface area contributed by atoms with E-state index in [4.69, 9.17) is 13.9 Å². The molecule has 26 heavy (non-hydrogen) atoms. The van der Waals surface area contributed by atoms with Gasteiger partial charge in [0, 0.05) is 19.0 Å².